The third-order valence-electron chi connectivity index (χ3n) is 2.91. The molecule has 0 saturated carbocycles. The number of hydrogen-bond acceptors (Lipinski definition) is 5. The first-order chi connectivity index (χ1) is 11.6. The first kappa shape index (κ1) is 19.5. The van der Waals surface area contributed by atoms with Gasteiger partial charge in [-0.3, -0.25) is 21.0 Å². The predicted octanol–water partition coefficient (Wildman–Crippen LogP) is 3.43. The van der Waals surface area contributed by atoms with Crippen LogP contribution in [0.25, 0.3) is 5.70 Å². The Balaban J connectivity index is 0.000000511. The number of hydrogen-bond donors (Lipinski definition) is 6. The molecule has 6 N–H and O–H groups in total. The van der Waals surface area contributed by atoms with Gasteiger partial charge < -0.3 is 15.7 Å². The van der Waals surface area contributed by atoms with E-state index in [2.05, 4.69) is 42.5 Å². The smallest absolute Gasteiger partial charge is 0.300 e. The first-order valence-electron chi connectivity index (χ1n) is 6.34. The van der Waals surface area contributed by atoms with Crippen LogP contribution < -0.4 is 10.6 Å². The van der Waals surface area contributed by atoms with Gasteiger partial charge in [-0.15, -0.1) is 0 Å². The van der Waals surface area contributed by atoms with E-state index in [0.29, 0.717) is 0 Å². The van der Waals surface area contributed by atoms with Gasteiger partial charge in [-0.25, -0.2) is 8.78 Å². The highest BCUT2D eigenvalue weighted by Crippen LogP contribution is 2.42. The zero-order valence-corrected chi connectivity index (χ0v) is 16.3. The molecule has 0 aliphatic carbocycles. The van der Waals surface area contributed by atoms with Crippen molar-refractivity contribution < 1.29 is 18.7 Å². The number of fused-ring (bicyclic) bond motifs is 1. The van der Waals surface area contributed by atoms with Crippen molar-refractivity contribution in [2.45, 2.75) is 6.92 Å². The van der Waals surface area contributed by atoms with E-state index in [1.807, 2.05) is 0 Å². The van der Waals surface area contributed by atoms with Crippen molar-refractivity contribution in [1.29, 1.82) is 16.2 Å². The van der Waals surface area contributed by atoms with Crippen LogP contribution in [0.15, 0.2) is 13.9 Å². The van der Waals surface area contributed by atoms with Crippen LogP contribution in [-0.2, 0) is 4.79 Å². The summed E-state index contributed by atoms with van der Waals surface area (Å²) in [6.45, 7) is 1.08. The lowest BCUT2D eigenvalue weighted by Gasteiger charge is -2.08. The molecule has 0 amide bonds. The van der Waals surface area contributed by atoms with Crippen molar-refractivity contribution in [3.63, 3.8) is 0 Å². The van der Waals surface area contributed by atoms with E-state index in [9.17, 15) is 8.78 Å². The van der Waals surface area contributed by atoms with Crippen molar-refractivity contribution >= 4 is 72.1 Å². The molecule has 2 aliphatic rings. The summed E-state index contributed by atoms with van der Waals surface area (Å²) in [6, 6.07) is 0. The van der Waals surface area contributed by atoms with Gasteiger partial charge in [0.2, 0.25) is 0 Å². The molecular weight excluding hydrogens is 488 g/mol. The molecule has 0 unspecified atom stereocenters. The molecule has 3 rings (SSSR count). The number of carboxylic acids is 1. The number of halogens is 4. The minimum Gasteiger partial charge on any atom is -0.481 e. The summed E-state index contributed by atoms with van der Waals surface area (Å²) in [5.41, 5.74) is -0.197. The molecule has 2 heterocycles. The SMILES string of the molecule is CC(=O)O.N=C1NC(=N)C(=C2NC(=N)c3c(F)c(Br)c(Br)c(F)c32)S1. The summed E-state index contributed by atoms with van der Waals surface area (Å²) in [5, 5.41) is 35.5. The van der Waals surface area contributed by atoms with Crippen LogP contribution in [-0.4, -0.2) is 27.9 Å². The Morgan fingerprint density at radius 1 is 1.04 bits per heavy atom. The Kier molecular flexibility index (Phi) is 5.64. The molecule has 1 fully saturated rings. The zero-order valence-electron chi connectivity index (χ0n) is 12.3. The molecule has 1 aromatic carbocycles. The van der Waals surface area contributed by atoms with Gasteiger partial charge in [0, 0.05) is 6.92 Å². The number of carboxylic acid groups (broad SMARTS) is 1. The van der Waals surface area contributed by atoms with Gasteiger partial charge in [0.1, 0.15) is 23.3 Å². The molecule has 0 radical (unpaired) electrons. The van der Waals surface area contributed by atoms with Crippen molar-refractivity contribution in [2.75, 3.05) is 0 Å². The molecule has 12 heteroatoms. The van der Waals surface area contributed by atoms with Crippen LogP contribution in [0.1, 0.15) is 18.1 Å². The van der Waals surface area contributed by atoms with E-state index in [-0.39, 0.29) is 47.5 Å². The zero-order chi connectivity index (χ0) is 19.0. The summed E-state index contributed by atoms with van der Waals surface area (Å²) in [5.74, 6) is -2.71. The number of benzene rings is 1. The maximum atomic E-state index is 14.5. The van der Waals surface area contributed by atoms with Gasteiger partial charge in [0.25, 0.3) is 5.97 Å². The highest BCUT2D eigenvalue weighted by Gasteiger charge is 2.36. The molecule has 1 aromatic rings. The first-order valence-corrected chi connectivity index (χ1v) is 8.74. The largest absolute Gasteiger partial charge is 0.481 e. The van der Waals surface area contributed by atoms with Crippen LogP contribution in [0.4, 0.5) is 8.78 Å². The van der Waals surface area contributed by atoms with Crippen molar-refractivity contribution in [1.82, 2.24) is 10.6 Å². The third-order valence-corrected chi connectivity index (χ3v) is 5.85. The summed E-state index contributed by atoms with van der Waals surface area (Å²) < 4.78 is 28.5. The molecule has 132 valence electrons. The van der Waals surface area contributed by atoms with E-state index < -0.39 is 17.6 Å². The summed E-state index contributed by atoms with van der Waals surface area (Å²) in [7, 11) is 0. The van der Waals surface area contributed by atoms with Gasteiger partial charge in [-0.2, -0.15) is 0 Å². The van der Waals surface area contributed by atoms with E-state index in [0.717, 1.165) is 18.7 Å². The molecule has 0 atom stereocenters. The Morgan fingerprint density at radius 3 is 1.96 bits per heavy atom. The van der Waals surface area contributed by atoms with E-state index >= 15 is 0 Å². The van der Waals surface area contributed by atoms with Gasteiger partial charge in [-0.1, -0.05) is 0 Å². The predicted molar refractivity (Wildman–Crippen MR) is 98.1 cm³/mol. The maximum Gasteiger partial charge on any atom is 0.300 e. The van der Waals surface area contributed by atoms with Crippen LogP contribution in [0.3, 0.4) is 0 Å². The van der Waals surface area contributed by atoms with Gasteiger partial charge in [0.05, 0.1) is 30.7 Å². The number of carbonyl (C=O) groups is 1. The number of thioether (sulfide) groups is 1. The Labute approximate surface area is 161 Å². The van der Waals surface area contributed by atoms with Crippen LogP contribution >= 0.6 is 43.6 Å². The fourth-order valence-corrected chi connectivity index (χ4v) is 3.56. The van der Waals surface area contributed by atoms with E-state index in [1.165, 1.54) is 0 Å². The molecule has 0 bridgehead atoms. The normalized spacial score (nSPS) is 18.4. The Hall–Kier alpha value is -1.79. The second kappa shape index (κ2) is 7.22. The monoisotopic (exact) mass is 495 g/mol. The summed E-state index contributed by atoms with van der Waals surface area (Å²) >= 11 is 6.82. The molecular formula is C13H9Br2F2N5O2S. The van der Waals surface area contributed by atoms with E-state index in [4.69, 9.17) is 26.1 Å². The lowest BCUT2D eigenvalue weighted by atomic mass is 10.1. The maximum absolute atomic E-state index is 14.5. The number of amidine groups is 3. The lowest BCUT2D eigenvalue weighted by molar-refractivity contribution is -0.134. The van der Waals surface area contributed by atoms with Crippen molar-refractivity contribution in [2.24, 2.45) is 0 Å². The topological polar surface area (TPSA) is 133 Å². The third kappa shape index (κ3) is 3.60. The highest BCUT2D eigenvalue weighted by molar-refractivity contribution is 9.13. The average molecular weight is 497 g/mol. The lowest BCUT2D eigenvalue weighted by Crippen LogP contribution is -2.20. The van der Waals surface area contributed by atoms with Crippen molar-refractivity contribution in [3.8, 4) is 0 Å². The minimum absolute atomic E-state index is 0.0151. The quantitative estimate of drug-likeness (QED) is 0.242. The average Bonchev–Trinajstić information content (AvgIpc) is 3.01. The number of rotatable bonds is 0. The van der Waals surface area contributed by atoms with Gasteiger partial charge in [0.15, 0.2) is 5.17 Å². The van der Waals surface area contributed by atoms with Crippen molar-refractivity contribution in [3.05, 3.63) is 36.6 Å². The second-order valence-corrected chi connectivity index (χ2v) is 7.27. The molecule has 2 aliphatic heterocycles. The molecule has 0 spiro atoms. The Bertz CT molecular complexity index is 884. The number of nitrogens with one attached hydrogen (secondary N) is 5. The second-order valence-electron chi connectivity index (χ2n) is 4.66. The molecule has 1 saturated heterocycles. The summed E-state index contributed by atoms with van der Waals surface area (Å²) in [4.78, 5) is 9.25. The standard InChI is InChI=1S/C11H5Br2F2N5S.C2H4O2/c12-3-4(13)6(15)2-1(5(3)14)7(19-9(2)16)8-10(17)20-11(18)21-8;1-2(3)4/h(H2,16,19)(H3,17,18,20);1H3,(H,3,4). The van der Waals surface area contributed by atoms with Crippen LogP contribution in [0.5, 0.6) is 0 Å². The minimum atomic E-state index is -0.833. The fourth-order valence-electron chi connectivity index (χ4n) is 2.05. The fraction of sp³-hybridized carbons (Fsp3) is 0.0769. The highest BCUT2D eigenvalue weighted by atomic mass is 79.9. The van der Waals surface area contributed by atoms with E-state index in [1.54, 1.807) is 0 Å². The van der Waals surface area contributed by atoms with Gasteiger partial charge >= 0.3 is 0 Å². The summed E-state index contributed by atoms with van der Waals surface area (Å²) in [6.07, 6.45) is 0. The number of aliphatic carboxylic acids is 1. The Morgan fingerprint density at radius 2 is 1.52 bits per heavy atom. The molecule has 25 heavy (non-hydrogen) atoms. The molecule has 0 aromatic heterocycles. The van der Waals surface area contributed by atoms with Gasteiger partial charge in [-0.05, 0) is 43.6 Å². The van der Waals surface area contributed by atoms with Crippen LogP contribution in [0, 0.1) is 27.9 Å². The van der Waals surface area contributed by atoms with Crippen LogP contribution in [0.2, 0.25) is 0 Å². The molecule has 7 nitrogen and oxygen atoms in total.